The summed E-state index contributed by atoms with van der Waals surface area (Å²) in [5, 5.41) is 8.95. The van der Waals surface area contributed by atoms with Gasteiger partial charge in [0.25, 0.3) is 0 Å². The third-order valence-corrected chi connectivity index (χ3v) is 2.21. The highest BCUT2D eigenvalue weighted by Crippen LogP contribution is 2.19. The molecule has 16 heavy (non-hydrogen) atoms. The Kier molecular flexibility index (Phi) is 4.01. The number of esters is 1. The first kappa shape index (κ1) is 12.2. The molecule has 0 saturated carbocycles. The minimum absolute atomic E-state index is 0.0703. The monoisotopic (exact) mass is 221 g/mol. The van der Waals surface area contributed by atoms with E-state index in [2.05, 4.69) is 0 Å². The van der Waals surface area contributed by atoms with Gasteiger partial charge >= 0.3 is 5.97 Å². The molecule has 0 atom stereocenters. The normalized spacial score (nSPS) is 9.62. The number of halogens is 1. The number of hydrogen-bond donors (Lipinski definition) is 0. The highest BCUT2D eigenvalue weighted by atomic mass is 19.1. The van der Waals surface area contributed by atoms with Crippen LogP contribution in [0.25, 0.3) is 0 Å². The molecule has 0 radical (unpaired) electrons. The maximum atomic E-state index is 13.5. The molecule has 4 heteroatoms. The summed E-state index contributed by atoms with van der Waals surface area (Å²) in [6, 6.07) is 4.55. The fourth-order valence-electron chi connectivity index (χ4n) is 1.45. The number of hydrogen-bond acceptors (Lipinski definition) is 3. The Morgan fingerprint density at radius 3 is 2.69 bits per heavy atom. The second-order valence-electron chi connectivity index (χ2n) is 3.14. The highest BCUT2D eigenvalue weighted by Gasteiger charge is 2.20. The van der Waals surface area contributed by atoms with Gasteiger partial charge in [0, 0.05) is 0 Å². The van der Waals surface area contributed by atoms with Crippen molar-refractivity contribution < 1.29 is 13.9 Å². The van der Waals surface area contributed by atoms with Crippen molar-refractivity contribution in [3.8, 4) is 6.07 Å². The lowest BCUT2D eigenvalue weighted by Crippen LogP contribution is -2.11. The number of benzene rings is 1. The first-order valence-electron chi connectivity index (χ1n) is 5.04. The Morgan fingerprint density at radius 2 is 2.19 bits per heavy atom. The summed E-state index contributed by atoms with van der Waals surface area (Å²) < 4.78 is 18.2. The van der Waals surface area contributed by atoms with Gasteiger partial charge in [-0.15, -0.1) is 0 Å². The van der Waals surface area contributed by atoms with Crippen LogP contribution in [-0.2, 0) is 11.2 Å². The molecular formula is C12H12FNO2. The number of nitriles is 1. The van der Waals surface area contributed by atoms with E-state index in [9.17, 15) is 9.18 Å². The average molecular weight is 221 g/mol. The van der Waals surface area contributed by atoms with E-state index in [4.69, 9.17) is 10.00 Å². The molecule has 0 N–H and O–H groups in total. The van der Waals surface area contributed by atoms with Gasteiger partial charge in [0.1, 0.15) is 17.4 Å². The van der Waals surface area contributed by atoms with Crippen LogP contribution in [0, 0.1) is 17.1 Å². The number of ether oxygens (including phenoxy) is 1. The minimum Gasteiger partial charge on any atom is -0.462 e. The largest absolute Gasteiger partial charge is 0.462 e. The number of carbonyl (C=O) groups is 1. The van der Waals surface area contributed by atoms with Gasteiger partial charge in [-0.3, -0.25) is 0 Å². The standard InChI is InChI=1S/C12H12FNO2/c1-3-8-5-6-10(13)11(9(8)7-14)12(15)16-4-2/h5-6H,3-4H2,1-2H3. The lowest BCUT2D eigenvalue weighted by Gasteiger charge is -2.08. The number of aryl methyl sites for hydroxylation is 1. The van der Waals surface area contributed by atoms with Crippen LogP contribution < -0.4 is 0 Å². The van der Waals surface area contributed by atoms with Crippen LogP contribution in [0.15, 0.2) is 12.1 Å². The van der Waals surface area contributed by atoms with E-state index < -0.39 is 11.8 Å². The molecule has 1 rings (SSSR count). The predicted molar refractivity (Wildman–Crippen MR) is 56.4 cm³/mol. The number of rotatable bonds is 3. The van der Waals surface area contributed by atoms with Crippen molar-refractivity contribution in [2.24, 2.45) is 0 Å². The van der Waals surface area contributed by atoms with Crippen molar-refractivity contribution in [3.05, 3.63) is 34.6 Å². The van der Waals surface area contributed by atoms with Crippen LogP contribution in [0.5, 0.6) is 0 Å². The fraction of sp³-hybridized carbons (Fsp3) is 0.333. The molecule has 0 aromatic heterocycles. The summed E-state index contributed by atoms with van der Waals surface area (Å²) >= 11 is 0. The van der Waals surface area contributed by atoms with Crippen LogP contribution in [-0.4, -0.2) is 12.6 Å². The molecule has 0 unspecified atom stereocenters. The van der Waals surface area contributed by atoms with Crippen molar-refractivity contribution in [1.82, 2.24) is 0 Å². The second kappa shape index (κ2) is 5.26. The molecule has 3 nitrogen and oxygen atoms in total. The molecule has 0 saturated heterocycles. The van der Waals surface area contributed by atoms with E-state index in [1.54, 1.807) is 6.92 Å². The third kappa shape index (κ3) is 2.19. The molecule has 0 aliphatic heterocycles. The molecule has 0 fully saturated rings. The summed E-state index contributed by atoms with van der Waals surface area (Å²) in [5.41, 5.74) is 0.455. The first-order chi connectivity index (χ1) is 7.65. The molecule has 0 aliphatic rings. The Hall–Kier alpha value is -1.89. The molecule has 0 heterocycles. The van der Waals surface area contributed by atoms with Gasteiger partial charge in [-0.05, 0) is 25.0 Å². The summed E-state index contributed by atoms with van der Waals surface area (Å²) in [6.07, 6.45) is 0.565. The molecule has 1 aromatic rings. The Labute approximate surface area is 93.5 Å². The lowest BCUT2D eigenvalue weighted by molar-refractivity contribution is 0.0520. The highest BCUT2D eigenvalue weighted by molar-refractivity contribution is 5.93. The quantitative estimate of drug-likeness (QED) is 0.736. The summed E-state index contributed by atoms with van der Waals surface area (Å²) in [5.74, 6) is -1.50. The van der Waals surface area contributed by atoms with Crippen LogP contribution in [0.1, 0.15) is 35.3 Å². The van der Waals surface area contributed by atoms with Crippen LogP contribution >= 0.6 is 0 Å². The Balaban J connectivity index is 3.35. The molecule has 84 valence electrons. The van der Waals surface area contributed by atoms with E-state index in [0.29, 0.717) is 12.0 Å². The zero-order chi connectivity index (χ0) is 12.1. The van der Waals surface area contributed by atoms with Gasteiger partial charge in [0.05, 0.1) is 12.2 Å². The van der Waals surface area contributed by atoms with Crippen LogP contribution in [0.2, 0.25) is 0 Å². The molecule has 1 aromatic carbocycles. The van der Waals surface area contributed by atoms with Crippen LogP contribution in [0.4, 0.5) is 4.39 Å². The zero-order valence-corrected chi connectivity index (χ0v) is 9.21. The van der Waals surface area contributed by atoms with Gasteiger partial charge < -0.3 is 4.74 Å². The zero-order valence-electron chi connectivity index (χ0n) is 9.21. The van der Waals surface area contributed by atoms with Crippen molar-refractivity contribution >= 4 is 5.97 Å². The van der Waals surface area contributed by atoms with E-state index >= 15 is 0 Å². The molecule has 0 spiro atoms. The van der Waals surface area contributed by atoms with E-state index in [1.807, 2.05) is 13.0 Å². The topological polar surface area (TPSA) is 50.1 Å². The lowest BCUT2D eigenvalue weighted by atomic mass is 10.00. The second-order valence-corrected chi connectivity index (χ2v) is 3.14. The average Bonchev–Trinajstić information content (AvgIpc) is 2.28. The summed E-state index contributed by atoms with van der Waals surface area (Å²) in [6.45, 7) is 3.62. The summed E-state index contributed by atoms with van der Waals surface area (Å²) in [4.78, 5) is 11.5. The van der Waals surface area contributed by atoms with Gasteiger partial charge in [-0.1, -0.05) is 13.0 Å². The van der Waals surface area contributed by atoms with Crippen molar-refractivity contribution in [3.63, 3.8) is 0 Å². The van der Waals surface area contributed by atoms with Gasteiger partial charge in [0.15, 0.2) is 0 Å². The maximum absolute atomic E-state index is 13.5. The Morgan fingerprint density at radius 1 is 1.50 bits per heavy atom. The van der Waals surface area contributed by atoms with E-state index in [1.165, 1.54) is 12.1 Å². The van der Waals surface area contributed by atoms with Gasteiger partial charge in [-0.2, -0.15) is 5.26 Å². The van der Waals surface area contributed by atoms with Crippen molar-refractivity contribution in [2.75, 3.05) is 6.61 Å². The number of nitrogens with zero attached hydrogens (tertiary/aromatic N) is 1. The Bertz CT molecular complexity index is 449. The minimum atomic E-state index is -0.785. The van der Waals surface area contributed by atoms with Crippen LogP contribution in [0.3, 0.4) is 0 Å². The summed E-state index contributed by atoms with van der Waals surface area (Å²) in [7, 11) is 0. The maximum Gasteiger partial charge on any atom is 0.342 e. The fourth-order valence-corrected chi connectivity index (χ4v) is 1.45. The third-order valence-electron chi connectivity index (χ3n) is 2.21. The van der Waals surface area contributed by atoms with Crippen molar-refractivity contribution in [2.45, 2.75) is 20.3 Å². The molecular weight excluding hydrogens is 209 g/mol. The van der Waals surface area contributed by atoms with Crippen molar-refractivity contribution in [1.29, 1.82) is 5.26 Å². The number of carbonyl (C=O) groups excluding carboxylic acids is 1. The van der Waals surface area contributed by atoms with Gasteiger partial charge in [0.2, 0.25) is 0 Å². The molecule has 0 bridgehead atoms. The smallest absolute Gasteiger partial charge is 0.342 e. The predicted octanol–water partition coefficient (Wildman–Crippen LogP) is 2.44. The first-order valence-corrected chi connectivity index (χ1v) is 5.04. The molecule has 0 aliphatic carbocycles. The van der Waals surface area contributed by atoms with E-state index in [-0.39, 0.29) is 17.7 Å². The van der Waals surface area contributed by atoms with Gasteiger partial charge in [-0.25, -0.2) is 9.18 Å². The SMILES string of the molecule is CCOC(=O)c1c(F)ccc(CC)c1C#N. The molecule has 0 amide bonds. The van der Waals surface area contributed by atoms with E-state index in [0.717, 1.165) is 0 Å².